The van der Waals surface area contributed by atoms with E-state index >= 15 is 0 Å². The molecule has 7 heteroatoms. The summed E-state index contributed by atoms with van der Waals surface area (Å²) in [4.78, 5) is 17.8. The summed E-state index contributed by atoms with van der Waals surface area (Å²) >= 11 is 1.47. The fourth-order valence-corrected chi connectivity index (χ4v) is 2.99. The fourth-order valence-electron chi connectivity index (χ4n) is 2.17. The Hall–Kier alpha value is -2.28. The smallest absolute Gasteiger partial charge is 0.248 e. The zero-order chi connectivity index (χ0) is 17.9. The summed E-state index contributed by atoms with van der Waals surface area (Å²) < 4.78 is 10.6. The fraction of sp³-hybridized carbons (Fsp3) is 0.412. The minimum absolute atomic E-state index is 0.141. The Kier molecular flexibility index (Phi) is 5.66. The van der Waals surface area contributed by atoms with Gasteiger partial charge in [-0.25, -0.2) is 4.98 Å². The van der Waals surface area contributed by atoms with Gasteiger partial charge in [-0.1, -0.05) is 0 Å². The van der Waals surface area contributed by atoms with E-state index in [1.807, 2.05) is 32.9 Å². The SMILES string of the molecule is COc1cc(C)c(N[C@@H](C)C(=O)Nc2nc(C)c(C)s2)cc1OC. The first-order chi connectivity index (χ1) is 11.3. The Labute approximate surface area is 146 Å². The van der Waals surface area contributed by atoms with Crippen LogP contribution in [0.5, 0.6) is 11.5 Å². The molecule has 2 aromatic rings. The Bertz CT molecular complexity index is 723. The molecule has 0 unspecified atom stereocenters. The molecule has 1 aromatic carbocycles. The van der Waals surface area contributed by atoms with Gasteiger partial charge in [-0.05, 0) is 39.3 Å². The predicted octanol–water partition coefficient (Wildman–Crippen LogP) is 3.52. The van der Waals surface area contributed by atoms with E-state index in [0.717, 1.165) is 21.8 Å². The summed E-state index contributed by atoms with van der Waals surface area (Å²) in [5, 5.41) is 6.67. The molecule has 1 amide bonds. The number of thiazole rings is 1. The maximum absolute atomic E-state index is 12.4. The average Bonchev–Trinajstić information content (AvgIpc) is 2.86. The number of benzene rings is 1. The number of aryl methyl sites for hydroxylation is 3. The van der Waals surface area contributed by atoms with Crippen LogP contribution in [0.1, 0.15) is 23.1 Å². The molecule has 0 aliphatic rings. The van der Waals surface area contributed by atoms with Crippen LogP contribution in [0.3, 0.4) is 0 Å². The lowest BCUT2D eigenvalue weighted by molar-refractivity contribution is -0.116. The van der Waals surface area contributed by atoms with Crippen molar-refractivity contribution < 1.29 is 14.3 Å². The van der Waals surface area contributed by atoms with Gasteiger partial charge >= 0.3 is 0 Å². The van der Waals surface area contributed by atoms with Crippen LogP contribution in [0.4, 0.5) is 10.8 Å². The maximum atomic E-state index is 12.4. The lowest BCUT2D eigenvalue weighted by Gasteiger charge is -2.18. The molecule has 0 saturated carbocycles. The predicted molar refractivity (Wildman–Crippen MR) is 97.6 cm³/mol. The third-order valence-electron chi connectivity index (χ3n) is 3.75. The van der Waals surface area contributed by atoms with E-state index in [0.29, 0.717) is 16.6 Å². The molecule has 2 rings (SSSR count). The number of ether oxygens (including phenoxy) is 2. The van der Waals surface area contributed by atoms with Crippen LogP contribution in [0.25, 0.3) is 0 Å². The zero-order valence-electron chi connectivity index (χ0n) is 14.8. The van der Waals surface area contributed by atoms with E-state index in [4.69, 9.17) is 9.47 Å². The number of hydrogen-bond acceptors (Lipinski definition) is 6. The molecular formula is C17H23N3O3S. The molecule has 0 radical (unpaired) electrons. The highest BCUT2D eigenvalue weighted by Crippen LogP contribution is 2.33. The van der Waals surface area contributed by atoms with Gasteiger partial charge in [0.2, 0.25) is 5.91 Å². The molecule has 130 valence electrons. The number of amides is 1. The minimum atomic E-state index is -0.425. The summed E-state index contributed by atoms with van der Waals surface area (Å²) in [7, 11) is 3.18. The normalized spacial score (nSPS) is 11.8. The lowest BCUT2D eigenvalue weighted by Crippen LogP contribution is -2.32. The monoisotopic (exact) mass is 349 g/mol. The molecule has 0 aliphatic heterocycles. The first-order valence-corrected chi connectivity index (χ1v) is 8.41. The van der Waals surface area contributed by atoms with Crippen molar-refractivity contribution >= 4 is 28.1 Å². The largest absolute Gasteiger partial charge is 0.493 e. The molecule has 1 atom stereocenters. The van der Waals surface area contributed by atoms with E-state index in [-0.39, 0.29) is 5.91 Å². The van der Waals surface area contributed by atoms with Crippen molar-refractivity contribution in [2.75, 3.05) is 24.9 Å². The van der Waals surface area contributed by atoms with E-state index < -0.39 is 6.04 Å². The van der Waals surface area contributed by atoms with E-state index in [1.165, 1.54) is 11.3 Å². The topological polar surface area (TPSA) is 72.5 Å². The van der Waals surface area contributed by atoms with Gasteiger partial charge in [-0.3, -0.25) is 4.79 Å². The maximum Gasteiger partial charge on any atom is 0.248 e. The standard InChI is InChI=1S/C17H23N3O3S/c1-9-7-14(22-5)15(23-6)8-13(9)18-11(3)16(21)20-17-19-10(2)12(4)24-17/h7-8,11,18H,1-6H3,(H,19,20,21)/t11-/m0/s1. The van der Waals surface area contributed by atoms with Gasteiger partial charge in [0, 0.05) is 16.6 Å². The highest BCUT2D eigenvalue weighted by molar-refractivity contribution is 7.15. The van der Waals surface area contributed by atoms with E-state index in [2.05, 4.69) is 15.6 Å². The highest BCUT2D eigenvalue weighted by atomic mass is 32.1. The van der Waals surface area contributed by atoms with Crippen molar-refractivity contribution in [1.82, 2.24) is 4.98 Å². The minimum Gasteiger partial charge on any atom is -0.493 e. The summed E-state index contributed by atoms with van der Waals surface area (Å²) in [5.41, 5.74) is 2.72. The summed E-state index contributed by atoms with van der Waals surface area (Å²) in [5.74, 6) is 1.13. The van der Waals surface area contributed by atoms with Crippen LogP contribution in [0.2, 0.25) is 0 Å². The first kappa shape index (κ1) is 18.1. The molecule has 2 N–H and O–H groups in total. The average molecular weight is 349 g/mol. The van der Waals surface area contributed by atoms with Gasteiger partial charge in [-0.2, -0.15) is 0 Å². The molecule has 0 bridgehead atoms. The van der Waals surface area contributed by atoms with Crippen LogP contribution < -0.4 is 20.1 Å². The molecule has 24 heavy (non-hydrogen) atoms. The third kappa shape index (κ3) is 3.97. The summed E-state index contributed by atoms with van der Waals surface area (Å²) in [6.45, 7) is 7.66. The van der Waals surface area contributed by atoms with Crippen molar-refractivity contribution in [3.05, 3.63) is 28.3 Å². The number of hydrogen-bond donors (Lipinski definition) is 2. The van der Waals surface area contributed by atoms with Crippen LogP contribution in [-0.4, -0.2) is 31.2 Å². The van der Waals surface area contributed by atoms with E-state index in [1.54, 1.807) is 21.1 Å². The summed E-state index contributed by atoms with van der Waals surface area (Å²) in [6, 6.07) is 3.28. The van der Waals surface area contributed by atoms with Crippen LogP contribution in [0.15, 0.2) is 12.1 Å². The van der Waals surface area contributed by atoms with Crippen LogP contribution in [0, 0.1) is 20.8 Å². The van der Waals surface area contributed by atoms with Gasteiger partial charge in [0.15, 0.2) is 16.6 Å². The van der Waals surface area contributed by atoms with Crippen LogP contribution in [-0.2, 0) is 4.79 Å². The number of aromatic nitrogens is 1. The number of carbonyl (C=O) groups excluding carboxylic acids is 1. The molecule has 0 saturated heterocycles. The van der Waals surface area contributed by atoms with Gasteiger partial charge in [0.1, 0.15) is 6.04 Å². The second kappa shape index (κ2) is 7.53. The molecule has 1 aromatic heterocycles. The molecular weight excluding hydrogens is 326 g/mol. The van der Waals surface area contributed by atoms with Gasteiger partial charge in [-0.15, -0.1) is 11.3 Å². The van der Waals surface area contributed by atoms with Gasteiger partial charge < -0.3 is 20.1 Å². The number of rotatable bonds is 6. The van der Waals surface area contributed by atoms with Gasteiger partial charge in [0.05, 0.1) is 19.9 Å². The van der Waals surface area contributed by atoms with E-state index in [9.17, 15) is 4.79 Å². The number of nitrogens with one attached hydrogen (secondary N) is 2. The molecule has 1 heterocycles. The molecule has 0 spiro atoms. The Morgan fingerprint density at radius 1 is 1.17 bits per heavy atom. The number of carbonyl (C=O) groups is 1. The first-order valence-electron chi connectivity index (χ1n) is 7.59. The Morgan fingerprint density at radius 2 is 1.79 bits per heavy atom. The Balaban J connectivity index is 2.10. The number of nitrogens with zero attached hydrogens (tertiary/aromatic N) is 1. The number of anilines is 2. The molecule has 6 nitrogen and oxygen atoms in total. The van der Waals surface area contributed by atoms with Crippen molar-refractivity contribution in [3.63, 3.8) is 0 Å². The Morgan fingerprint density at radius 3 is 2.33 bits per heavy atom. The lowest BCUT2D eigenvalue weighted by atomic mass is 10.1. The zero-order valence-corrected chi connectivity index (χ0v) is 15.6. The molecule has 0 aliphatic carbocycles. The van der Waals surface area contributed by atoms with Crippen molar-refractivity contribution in [1.29, 1.82) is 0 Å². The van der Waals surface area contributed by atoms with Gasteiger partial charge in [0.25, 0.3) is 0 Å². The summed E-state index contributed by atoms with van der Waals surface area (Å²) in [6.07, 6.45) is 0. The quantitative estimate of drug-likeness (QED) is 0.835. The van der Waals surface area contributed by atoms with Crippen molar-refractivity contribution in [2.24, 2.45) is 0 Å². The highest BCUT2D eigenvalue weighted by Gasteiger charge is 2.17. The third-order valence-corrected chi connectivity index (χ3v) is 4.74. The number of methoxy groups -OCH3 is 2. The van der Waals surface area contributed by atoms with Crippen molar-refractivity contribution in [2.45, 2.75) is 33.7 Å². The second-order valence-corrected chi connectivity index (χ2v) is 6.74. The molecule has 0 fully saturated rings. The van der Waals surface area contributed by atoms with Crippen molar-refractivity contribution in [3.8, 4) is 11.5 Å². The second-order valence-electron chi connectivity index (χ2n) is 5.54. The van der Waals surface area contributed by atoms with Crippen LogP contribution >= 0.6 is 11.3 Å².